The van der Waals surface area contributed by atoms with Crippen molar-refractivity contribution < 1.29 is 28.6 Å². The van der Waals surface area contributed by atoms with E-state index in [1.807, 2.05) is 6.08 Å². The molecule has 0 aromatic carbocycles. The first kappa shape index (κ1) is 71.1. The lowest BCUT2D eigenvalue weighted by Crippen LogP contribution is -2.30. The number of unbranched alkanes of at least 4 members (excludes halogenated alkanes) is 27. The van der Waals surface area contributed by atoms with Crippen molar-refractivity contribution >= 4 is 17.9 Å². The van der Waals surface area contributed by atoms with Crippen LogP contribution in [-0.4, -0.2) is 37.2 Å². The Balaban J connectivity index is 4.50. The van der Waals surface area contributed by atoms with Crippen LogP contribution in [0.25, 0.3) is 0 Å². The molecular formula is C69H116O6. The summed E-state index contributed by atoms with van der Waals surface area (Å²) in [4.78, 5) is 38.3. The third-order valence-electron chi connectivity index (χ3n) is 13.2. The molecule has 75 heavy (non-hydrogen) atoms. The van der Waals surface area contributed by atoms with Gasteiger partial charge in [0.15, 0.2) is 6.10 Å². The van der Waals surface area contributed by atoms with Crippen molar-refractivity contribution in [3.8, 4) is 0 Å². The summed E-state index contributed by atoms with van der Waals surface area (Å²) < 4.78 is 16.9. The molecular weight excluding hydrogens is 925 g/mol. The zero-order valence-electron chi connectivity index (χ0n) is 49.0. The van der Waals surface area contributed by atoms with E-state index in [1.54, 1.807) is 0 Å². The molecule has 0 heterocycles. The fourth-order valence-electron chi connectivity index (χ4n) is 8.49. The van der Waals surface area contributed by atoms with Crippen molar-refractivity contribution in [2.24, 2.45) is 0 Å². The number of hydrogen-bond donors (Lipinski definition) is 0. The molecule has 0 unspecified atom stereocenters. The van der Waals surface area contributed by atoms with Gasteiger partial charge in [-0.3, -0.25) is 14.4 Å². The van der Waals surface area contributed by atoms with Crippen LogP contribution >= 0.6 is 0 Å². The predicted octanol–water partition coefficient (Wildman–Crippen LogP) is 21.4. The predicted molar refractivity (Wildman–Crippen MR) is 325 cm³/mol. The molecule has 6 heteroatoms. The van der Waals surface area contributed by atoms with Crippen molar-refractivity contribution in [2.75, 3.05) is 13.2 Å². The summed E-state index contributed by atoms with van der Waals surface area (Å²) in [5.74, 6) is -0.994. The van der Waals surface area contributed by atoms with E-state index in [-0.39, 0.29) is 37.5 Å². The number of carbonyl (C=O) groups excluding carboxylic acids is 3. The molecule has 0 rings (SSSR count). The maximum Gasteiger partial charge on any atom is 0.306 e. The molecule has 428 valence electrons. The third-order valence-corrected chi connectivity index (χ3v) is 13.2. The second kappa shape index (κ2) is 62.6. The third kappa shape index (κ3) is 60.8. The molecule has 0 radical (unpaired) electrons. The summed E-state index contributed by atoms with van der Waals surface area (Å²) in [6.45, 7) is 6.51. The summed E-state index contributed by atoms with van der Waals surface area (Å²) >= 11 is 0. The maximum absolute atomic E-state index is 12.9. The molecule has 0 bridgehead atoms. The van der Waals surface area contributed by atoms with Crippen molar-refractivity contribution in [1.82, 2.24) is 0 Å². The van der Waals surface area contributed by atoms with Crippen LogP contribution in [0.3, 0.4) is 0 Å². The fraction of sp³-hybridized carbons (Fsp3) is 0.696. The van der Waals surface area contributed by atoms with E-state index >= 15 is 0 Å². The molecule has 0 aromatic heterocycles. The summed E-state index contributed by atoms with van der Waals surface area (Å²) in [6, 6.07) is 0. The molecule has 0 aromatic rings. The standard InChI is InChI=1S/C69H116O6/c1-4-7-10-13-16-19-22-25-28-31-34-37-40-43-46-49-52-55-58-61-67(70)73-64-66(75-69(72)63-60-57-54-51-48-45-42-39-36-33-30-27-24-21-18-15-12-9-6-3)65-74-68(71)62-59-56-53-50-47-44-41-38-35-32-29-26-23-20-17-14-11-8-5-2/h16-21,25-30,34,37,43,46,52,55,66H,4-15,22-24,31-33,35-36,38-42,44-45,47-51,53-54,56-65H2,1-3H3/b19-16-,20-17-,21-18-,28-25-,29-26-,30-27-,37-34-,46-43-,55-52-/t66-/m1/s1. The minimum absolute atomic E-state index is 0.106. The summed E-state index contributed by atoms with van der Waals surface area (Å²) in [6.07, 6.45) is 85.2. The Morgan fingerprint density at radius 2 is 0.507 bits per heavy atom. The summed E-state index contributed by atoms with van der Waals surface area (Å²) in [5, 5.41) is 0. The molecule has 6 nitrogen and oxygen atoms in total. The lowest BCUT2D eigenvalue weighted by Gasteiger charge is -2.18. The highest BCUT2D eigenvalue weighted by Gasteiger charge is 2.19. The first-order valence-corrected chi connectivity index (χ1v) is 31.4. The van der Waals surface area contributed by atoms with Gasteiger partial charge in [-0.25, -0.2) is 0 Å². The number of allylic oxidation sites excluding steroid dienone is 18. The van der Waals surface area contributed by atoms with Gasteiger partial charge in [0, 0.05) is 19.3 Å². The van der Waals surface area contributed by atoms with Crippen molar-refractivity contribution in [1.29, 1.82) is 0 Å². The number of esters is 3. The van der Waals surface area contributed by atoms with Gasteiger partial charge in [-0.1, -0.05) is 259 Å². The van der Waals surface area contributed by atoms with E-state index in [2.05, 4.69) is 124 Å². The monoisotopic (exact) mass is 1040 g/mol. The van der Waals surface area contributed by atoms with E-state index in [4.69, 9.17) is 14.2 Å². The first-order valence-electron chi connectivity index (χ1n) is 31.4. The highest BCUT2D eigenvalue weighted by atomic mass is 16.6. The lowest BCUT2D eigenvalue weighted by molar-refractivity contribution is -0.166. The number of carbonyl (C=O) groups is 3. The van der Waals surface area contributed by atoms with Gasteiger partial charge in [0.1, 0.15) is 13.2 Å². The Morgan fingerprint density at radius 3 is 0.827 bits per heavy atom. The molecule has 0 saturated carbocycles. The van der Waals surface area contributed by atoms with Crippen molar-refractivity contribution in [3.05, 3.63) is 109 Å². The molecule has 0 spiro atoms. The lowest BCUT2D eigenvalue weighted by atomic mass is 10.1. The van der Waals surface area contributed by atoms with Crippen LogP contribution in [0.2, 0.25) is 0 Å². The Morgan fingerprint density at radius 1 is 0.267 bits per heavy atom. The summed E-state index contributed by atoms with van der Waals surface area (Å²) in [5.41, 5.74) is 0. The van der Waals surface area contributed by atoms with Gasteiger partial charge < -0.3 is 14.2 Å². The van der Waals surface area contributed by atoms with E-state index < -0.39 is 6.10 Å². The molecule has 0 aliphatic carbocycles. The second-order valence-corrected chi connectivity index (χ2v) is 20.6. The van der Waals surface area contributed by atoms with E-state index in [1.165, 1.54) is 167 Å². The van der Waals surface area contributed by atoms with Crippen LogP contribution in [-0.2, 0) is 28.6 Å². The van der Waals surface area contributed by atoms with Crippen molar-refractivity contribution in [3.63, 3.8) is 0 Å². The van der Waals surface area contributed by atoms with Gasteiger partial charge in [-0.15, -0.1) is 0 Å². The Hall–Kier alpha value is -3.93. The molecule has 0 aliphatic heterocycles. The zero-order valence-corrected chi connectivity index (χ0v) is 49.0. The highest BCUT2D eigenvalue weighted by Crippen LogP contribution is 2.15. The summed E-state index contributed by atoms with van der Waals surface area (Å²) in [7, 11) is 0. The Bertz CT molecular complexity index is 1520. The van der Waals surface area contributed by atoms with Gasteiger partial charge in [-0.2, -0.15) is 0 Å². The largest absolute Gasteiger partial charge is 0.462 e. The number of ether oxygens (including phenoxy) is 3. The van der Waals surface area contributed by atoms with Crippen LogP contribution in [0.4, 0.5) is 0 Å². The van der Waals surface area contributed by atoms with Gasteiger partial charge in [0.25, 0.3) is 0 Å². The molecule has 1 atom stereocenters. The van der Waals surface area contributed by atoms with Gasteiger partial charge in [0.05, 0.1) is 0 Å². The van der Waals surface area contributed by atoms with Gasteiger partial charge in [-0.05, 0) is 122 Å². The Labute approximate surface area is 463 Å². The molecule has 0 N–H and O–H groups in total. The van der Waals surface area contributed by atoms with E-state index in [9.17, 15) is 14.4 Å². The van der Waals surface area contributed by atoms with Crippen LogP contribution in [0.15, 0.2) is 109 Å². The van der Waals surface area contributed by atoms with Crippen LogP contribution in [0.5, 0.6) is 0 Å². The molecule has 0 fully saturated rings. The SMILES string of the molecule is CCCCC/C=C\C/C=C\C/C=C\C/C=C\C/C=C\CCC(=O)OC[C@H](COC(=O)CCCCCCCCCCC/C=C\C/C=C\CCCCC)OC(=O)CCCCCCCCCCC/C=C\C/C=C\CCCCC. The van der Waals surface area contributed by atoms with Crippen LogP contribution < -0.4 is 0 Å². The second-order valence-electron chi connectivity index (χ2n) is 20.6. The Kier molecular flexibility index (Phi) is 59.3. The molecule has 0 amide bonds. The minimum Gasteiger partial charge on any atom is -0.462 e. The average molecular weight is 1040 g/mol. The number of rotatable bonds is 56. The topological polar surface area (TPSA) is 78.9 Å². The fourth-order valence-corrected chi connectivity index (χ4v) is 8.49. The zero-order chi connectivity index (χ0) is 54.3. The minimum atomic E-state index is -0.815. The van der Waals surface area contributed by atoms with Crippen LogP contribution in [0, 0.1) is 0 Å². The van der Waals surface area contributed by atoms with E-state index in [0.29, 0.717) is 19.3 Å². The van der Waals surface area contributed by atoms with Gasteiger partial charge >= 0.3 is 17.9 Å². The normalized spacial score (nSPS) is 12.8. The quantitative estimate of drug-likeness (QED) is 0.0261. The highest BCUT2D eigenvalue weighted by molar-refractivity contribution is 5.71. The van der Waals surface area contributed by atoms with Crippen LogP contribution in [0.1, 0.15) is 290 Å². The van der Waals surface area contributed by atoms with E-state index in [0.717, 1.165) is 77.0 Å². The smallest absolute Gasteiger partial charge is 0.306 e. The average Bonchev–Trinajstić information content (AvgIpc) is 3.41. The molecule has 0 aliphatic rings. The number of hydrogen-bond acceptors (Lipinski definition) is 6. The maximum atomic E-state index is 12.9. The molecule has 0 saturated heterocycles. The van der Waals surface area contributed by atoms with Gasteiger partial charge in [0.2, 0.25) is 0 Å². The first-order chi connectivity index (χ1) is 37.0. The van der Waals surface area contributed by atoms with Crippen molar-refractivity contribution in [2.45, 2.75) is 297 Å².